The van der Waals surface area contributed by atoms with Crippen molar-refractivity contribution < 1.29 is 4.79 Å². The average molecular weight is 373 g/mol. The van der Waals surface area contributed by atoms with E-state index in [9.17, 15) is 4.79 Å². The van der Waals surface area contributed by atoms with Crippen LogP contribution in [0, 0.1) is 6.92 Å². The van der Waals surface area contributed by atoms with Crippen LogP contribution in [0.15, 0.2) is 54.9 Å². The molecule has 6 nitrogen and oxygen atoms in total. The molecule has 0 saturated heterocycles. The molecule has 1 saturated carbocycles. The molecule has 0 unspecified atom stereocenters. The minimum Gasteiger partial charge on any atom is -0.330 e. The molecule has 0 spiro atoms. The molecule has 0 radical (unpaired) electrons. The van der Waals surface area contributed by atoms with Crippen LogP contribution in [0.3, 0.4) is 0 Å². The largest absolute Gasteiger partial charge is 0.330 e. The van der Waals surface area contributed by atoms with E-state index in [1.165, 1.54) is 6.42 Å². The SMILES string of the molecule is Cc1nccc(-c2ccc(NC(=O)c3ccc(C4(CN)CCC4)nc3)cc2)n1. The maximum atomic E-state index is 12.5. The number of aryl methyl sites for hydroxylation is 1. The maximum Gasteiger partial charge on any atom is 0.257 e. The summed E-state index contributed by atoms with van der Waals surface area (Å²) in [6, 6.07) is 13.2. The van der Waals surface area contributed by atoms with Gasteiger partial charge in [-0.1, -0.05) is 18.6 Å². The predicted molar refractivity (Wildman–Crippen MR) is 109 cm³/mol. The fraction of sp³-hybridized carbons (Fsp3) is 0.273. The lowest BCUT2D eigenvalue weighted by Crippen LogP contribution is -2.42. The second-order valence-corrected chi connectivity index (χ2v) is 7.29. The summed E-state index contributed by atoms with van der Waals surface area (Å²) in [6.45, 7) is 2.46. The molecular weight excluding hydrogens is 350 g/mol. The van der Waals surface area contributed by atoms with Gasteiger partial charge in [0.15, 0.2) is 0 Å². The van der Waals surface area contributed by atoms with Crippen LogP contribution < -0.4 is 11.1 Å². The number of rotatable bonds is 5. The molecule has 1 fully saturated rings. The van der Waals surface area contributed by atoms with Gasteiger partial charge in [0.1, 0.15) is 5.82 Å². The van der Waals surface area contributed by atoms with Gasteiger partial charge < -0.3 is 11.1 Å². The Labute approximate surface area is 164 Å². The number of carbonyl (C=O) groups excluding carboxylic acids is 1. The molecule has 6 heteroatoms. The van der Waals surface area contributed by atoms with E-state index in [0.29, 0.717) is 12.1 Å². The first-order valence-electron chi connectivity index (χ1n) is 9.48. The molecule has 0 aliphatic heterocycles. The zero-order valence-corrected chi connectivity index (χ0v) is 15.9. The molecule has 142 valence electrons. The highest BCUT2D eigenvalue weighted by Crippen LogP contribution is 2.41. The molecular formula is C22H23N5O. The lowest BCUT2D eigenvalue weighted by Gasteiger charge is -2.40. The minimum absolute atomic E-state index is 0.00415. The van der Waals surface area contributed by atoms with E-state index in [4.69, 9.17) is 5.73 Å². The summed E-state index contributed by atoms with van der Waals surface area (Å²) < 4.78 is 0. The highest BCUT2D eigenvalue weighted by Gasteiger charge is 2.38. The Morgan fingerprint density at radius 3 is 2.46 bits per heavy atom. The molecule has 4 rings (SSSR count). The van der Waals surface area contributed by atoms with Crippen LogP contribution >= 0.6 is 0 Å². The van der Waals surface area contributed by atoms with Gasteiger partial charge in [-0.3, -0.25) is 9.78 Å². The van der Waals surface area contributed by atoms with E-state index >= 15 is 0 Å². The van der Waals surface area contributed by atoms with Crippen molar-refractivity contribution in [3.63, 3.8) is 0 Å². The van der Waals surface area contributed by atoms with Gasteiger partial charge in [0.05, 0.1) is 11.3 Å². The van der Waals surface area contributed by atoms with Gasteiger partial charge in [-0.15, -0.1) is 0 Å². The molecule has 0 bridgehead atoms. The number of pyridine rings is 1. The number of aromatic nitrogens is 3. The third kappa shape index (κ3) is 3.51. The molecule has 28 heavy (non-hydrogen) atoms. The van der Waals surface area contributed by atoms with Crippen molar-refractivity contribution in [1.29, 1.82) is 0 Å². The van der Waals surface area contributed by atoms with E-state index in [0.717, 1.165) is 41.3 Å². The zero-order valence-electron chi connectivity index (χ0n) is 15.9. The summed E-state index contributed by atoms with van der Waals surface area (Å²) in [6.07, 6.45) is 6.70. The van der Waals surface area contributed by atoms with Crippen molar-refractivity contribution in [3.8, 4) is 11.3 Å². The highest BCUT2D eigenvalue weighted by atomic mass is 16.1. The number of benzene rings is 1. The molecule has 0 atom stereocenters. The van der Waals surface area contributed by atoms with Crippen LogP contribution in [0.2, 0.25) is 0 Å². The number of carbonyl (C=O) groups is 1. The standard InChI is InChI=1S/C22H23N5O/c1-15-24-12-9-19(26-15)16-3-6-18(7-4-16)27-21(28)17-5-8-20(25-13-17)22(14-23)10-2-11-22/h3-9,12-13H,2,10-11,14,23H2,1H3,(H,27,28). The number of nitrogens with zero attached hydrogens (tertiary/aromatic N) is 3. The van der Waals surface area contributed by atoms with Gasteiger partial charge in [-0.2, -0.15) is 0 Å². The fourth-order valence-electron chi connectivity index (χ4n) is 3.55. The van der Waals surface area contributed by atoms with Gasteiger partial charge in [-0.25, -0.2) is 9.97 Å². The van der Waals surface area contributed by atoms with Gasteiger partial charge in [0.25, 0.3) is 5.91 Å². The Morgan fingerprint density at radius 1 is 1.11 bits per heavy atom. The molecule has 1 aliphatic carbocycles. The number of nitrogens with two attached hydrogens (primary N) is 1. The van der Waals surface area contributed by atoms with E-state index in [2.05, 4.69) is 20.3 Å². The lowest BCUT2D eigenvalue weighted by atomic mass is 9.66. The smallest absolute Gasteiger partial charge is 0.257 e. The van der Waals surface area contributed by atoms with Crippen LogP contribution in [0.1, 0.15) is 41.1 Å². The van der Waals surface area contributed by atoms with E-state index < -0.39 is 0 Å². The number of hydrogen-bond donors (Lipinski definition) is 2. The average Bonchev–Trinajstić information content (AvgIpc) is 2.69. The molecule has 2 heterocycles. The third-order valence-electron chi connectivity index (χ3n) is 5.48. The Hall–Kier alpha value is -3.12. The van der Waals surface area contributed by atoms with Gasteiger partial charge in [0.2, 0.25) is 0 Å². The van der Waals surface area contributed by atoms with Crippen LogP contribution in [0.4, 0.5) is 5.69 Å². The molecule has 1 aliphatic rings. The van der Waals surface area contributed by atoms with Gasteiger partial charge in [-0.05, 0) is 50.1 Å². The normalized spacial score (nSPS) is 14.9. The van der Waals surface area contributed by atoms with Crippen molar-refractivity contribution >= 4 is 11.6 Å². The number of hydrogen-bond acceptors (Lipinski definition) is 5. The minimum atomic E-state index is -0.180. The maximum absolute atomic E-state index is 12.5. The van der Waals surface area contributed by atoms with E-state index in [-0.39, 0.29) is 11.3 Å². The second kappa shape index (κ2) is 7.48. The van der Waals surface area contributed by atoms with Crippen LogP contribution in [0.5, 0.6) is 0 Å². The first-order valence-corrected chi connectivity index (χ1v) is 9.48. The Morgan fingerprint density at radius 2 is 1.89 bits per heavy atom. The van der Waals surface area contributed by atoms with Crippen molar-refractivity contribution in [3.05, 3.63) is 71.9 Å². The molecule has 1 aromatic carbocycles. The summed E-state index contributed by atoms with van der Waals surface area (Å²) in [5.41, 5.74) is 10.0. The Kier molecular flexibility index (Phi) is 4.88. The first-order chi connectivity index (χ1) is 13.6. The second-order valence-electron chi connectivity index (χ2n) is 7.29. The summed E-state index contributed by atoms with van der Waals surface area (Å²) in [7, 11) is 0. The topological polar surface area (TPSA) is 93.8 Å². The van der Waals surface area contributed by atoms with Crippen molar-refractivity contribution in [2.45, 2.75) is 31.6 Å². The van der Waals surface area contributed by atoms with E-state index in [1.54, 1.807) is 12.4 Å². The van der Waals surface area contributed by atoms with Crippen molar-refractivity contribution in [2.24, 2.45) is 5.73 Å². The van der Waals surface area contributed by atoms with Crippen LogP contribution in [-0.4, -0.2) is 27.4 Å². The number of amides is 1. The zero-order chi connectivity index (χ0) is 19.6. The molecule has 3 aromatic rings. The summed E-state index contributed by atoms with van der Waals surface area (Å²) in [5.74, 6) is 0.546. The number of anilines is 1. The highest BCUT2D eigenvalue weighted by molar-refractivity contribution is 6.04. The van der Waals surface area contributed by atoms with Crippen LogP contribution in [0.25, 0.3) is 11.3 Å². The molecule has 2 aromatic heterocycles. The van der Waals surface area contributed by atoms with Crippen molar-refractivity contribution in [1.82, 2.24) is 15.0 Å². The van der Waals surface area contributed by atoms with Crippen LogP contribution in [-0.2, 0) is 5.41 Å². The monoisotopic (exact) mass is 373 g/mol. The lowest BCUT2D eigenvalue weighted by molar-refractivity contribution is 0.102. The quantitative estimate of drug-likeness (QED) is 0.714. The Balaban J connectivity index is 1.45. The fourth-order valence-corrected chi connectivity index (χ4v) is 3.55. The van der Waals surface area contributed by atoms with E-state index in [1.807, 2.05) is 49.4 Å². The summed E-state index contributed by atoms with van der Waals surface area (Å²) in [5, 5.41) is 2.91. The first kappa shape index (κ1) is 18.3. The van der Waals surface area contributed by atoms with Gasteiger partial charge >= 0.3 is 0 Å². The summed E-state index contributed by atoms with van der Waals surface area (Å²) in [4.78, 5) is 25.6. The summed E-state index contributed by atoms with van der Waals surface area (Å²) >= 11 is 0. The van der Waals surface area contributed by atoms with Gasteiger partial charge in [0, 0.05) is 41.3 Å². The molecule has 1 amide bonds. The third-order valence-corrected chi connectivity index (χ3v) is 5.48. The molecule has 3 N–H and O–H groups in total. The Bertz CT molecular complexity index is 973. The predicted octanol–water partition coefficient (Wildman–Crippen LogP) is 3.48. The number of nitrogens with one attached hydrogen (secondary N) is 1. The van der Waals surface area contributed by atoms with Crippen molar-refractivity contribution in [2.75, 3.05) is 11.9 Å².